The lowest BCUT2D eigenvalue weighted by molar-refractivity contribution is 0.481. The van der Waals surface area contributed by atoms with Gasteiger partial charge < -0.3 is 11.5 Å². The van der Waals surface area contributed by atoms with E-state index in [4.69, 9.17) is 11.5 Å². The Balaban J connectivity index is 1.27. The summed E-state index contributed by atoms with van der Waals surface area (Å²) in [6.07, 6.45) is 0. The molecule has 6 aromatic rings. The summed E-state index contributed by atoms with van der Waals surface area (Å²) >= 11 is 0. The largest absolute Gasteiger partial charge is 0.397 e. The molecule has 0 bridgehead atoms. The van der Waals surface area contributed by atoms with Crippen molar-refractivity contribution in [1.82, 2.24) is 0 Å². The number of nitrogens with zero attached hydrogens (tertiary/aromatic N) is 4. The first-order valence-corrected chi connectivity index (χ1v) is 17.2. The molecule has 6 N–H and O–H groups in total. The van der Waals surface area contributed by atoms with Crippen LogP contribution in [0.25, 0.3) is 32.7 Å². The number of hydrogen-bond donors (Lipinski definition) is 4. The molecule has 6 aromatic carbocycles. The van der Waals surface area contributed by atoms with E-state index in [0.29, 0.717) is 50.0 Å². The van der Waals surface area contributed by atoms with Crippen LogP contribution in [0.1, 0.15) is 11.1 Å². The molecule has 12 nitrogen and oxygen atoms in total. The van der Waals surface area contributed by atoms with Crippen molar-refractivity contribution < 1.29 is 25.9 Å². The van der Waals surface area contributed by atoms with Gasteiger partial charge in [-0.3, -0.25) is 9.11 Å². The van der Waals surface area contributed by atoms with Gasteiger partial charge in [-0.2, -0.15) is 27.1 Å². The van der Waals surface area contributed by atoms with Gasteiger partial charge in [-0.25, -0.2) is 0 Å². The molecule has 0 saturated heterocycles. The Morgan fingerprint density at radius 3 is 1.48 bits per heavy atom. The third-order valence-electron chi connectivity index (χ3n) is 7.83. The van der Waals surface area contributed by atoms with Crippen LogP contribution in [0.2, 0.25) is 0 Å². The Morgan fingerprint density at radius 1 is 0.500 bits per heavy atom. The van der Waals surface area contributed by atoms with Crippen LogP contribution in [-0.4, -0.2) is 25.9 Å². The Bertz CT molecular complexity index is 2570. The predicted molar refractivity (Wildman–Crippen MR) is 186 cm³/mol. The first-order chi connectivity index (χ1) is 22.7. The summed E-state index contributed by atoms with van der Waals surface area (Å²) in [5.74, 6) is 0. The van der Waals surface area contributed by atoms with E-state index in [2.05, 4.69) is 20.5 Å². The quantitative estimate of drug-likeness (QED) is 0.0725. The molecule has 0 aliphatic heterocycles. The zero-order chi connectivity index (χ0) is 34.4. The molecule has 0 aromatic heterocycles. The molecular formula is C34H28N6O6S2. The number of nitrogens with two attached hydrogens (primary N) is 2. The number of nitrogen functional groups attached to an aromatic ring is 2. The summed E-state index contributed by atoms with van der Waals surface area (Å²) in [5.41, 5.74) is 18.4. The van der Waals surface area contributed by atoms with Crippen LogP contribution in [0.3, 0.4) is 0 Å². The highest BCUT2D eigenvalue weighted by atomic mass is 32.2. The van der Waals surface area contributed by atoms with Gasteiger partial charge >= 0.3 is 0 Å². The van der Waals surface area contributed by atoms with Gasteiger partial charge in [-0.1, -0.05) is 36.4 Å². The Morgan fingerprint density at radius 2 is 0.958 bits per heavy atom. The summed E-state index contributed by atoms with van der Waals surface area (Å²) < 4.78 is 65.4. The molecule has 0 aliphatic rings. The second-order valence-corrected chi connectivity index (χ2v) is 14.0. The van der Waals surface area contributed by atoms with Gasteiger partial charge in [0, 0.05) is 10.8 Å². The van der Waals surface area contributed by atoms with Crippen LogP contribution in [-0.2, 0) is 20.2 Å². The maximum Gasteiger partial charge on any atom is 0.294 e. The second kappa shape index (κ2) is 12.2. The van der Waals surface area contributed by atoms with E-state index in [-0.39, 0.29) is 15.5 Å². The van der Waals surface area contributed by atoms with Gasteiger partial charge in [0.2, 0.25) is 0 Å². The molecule has 0 radical (unpaired) electrons. The topological polar surface area (TPSA) is 210 Å². The molecule has 0 fully saturated rings. The third kappa shape index (κ3) is 6.50. The van der Waals surface area contributed by atoms with E-state index in [1.807, 2.05) is 50.2 Å². The average molecular weight is 681 g/mol. The summed E-state index contributed by atoms with van der Waals surface area (Å²) in [5, 5.41) is 19.8. The van der Waals surface area contributed by atoms with E-state index in [0.717, 1.165) is 22.3 Å². The first kappa shape index (κ1) is 32.4. The van der Waals surface area contributed by atoms with Crippen LogP contribution in [0, 0.1) is 13.8 Å². The first-order valence-electron chi connectivity index (χ1n) is 14.3. The van der Waals surface area contributed by atoms with Crippen LogP contribution >= 0.6 is 0 Å². The number of azo groups is 2. The molecule has 242 valence electrons. The fraction of sp³-hybridized carbons (Fsp3) is 0.0588. The van der Waals surface area contributed by atoms with Crippen molar-refractivity contribution in [3.05, 3.63) is 108 Å². The highest BCUT2D eigenvalue weighted by Gasteiger charge is 2.15. The van der Waals surface area contributed by atoms with Crippen molar-refractivity contribution in [2.45, 2.75) is 23.6 Å². The lowest BCUT2D eigenvalue weighted by Gasteiger charge is -2.09. The number of fused-ring (bicyclic) bond motifs is 2. The number of hydrogen-bond acceptors (Lipinski definition) is 10. The van der Waals surface area contributed by atoms with Crippen molar-refractivity contribution in [1.29, 1.82) is 0 Å². The Labute approximate surface area is 276 Å². The van der Waals surface area contributed by atoms with Crippen LogP contribution < -0.4 is 11.5 Å². The molecule has 14 heteroatoms. The van der Waals surface area contributed by atoms with E-state index in [9.17, 15) is 25.9 Å². The van der Waals surface area contributed by atoms with E-state index < -0.39 is 20.2 Å². The molecule has 6 rings (SSSR count). The zero-order valence-electron chi connectivity index (χ0n) is 25.5. The zero-order valence-corrected chi connectivity index (χ0v) is 27.2. The van der Waals surface area contributed by atoms with Crippen LogP contribution in [0.5, 0.6) is 0 Å². The third-order valence-corrected chi connectivity index (χ3v) is 9.53. The minimum Gasteiger partial charge on any atom is -0.397 e. The van der Waals surface area contributed by atoms with Gasteiger partial charge in [0.05, 0.1) is 32.5 Å². The van der Waals surface area contributed by atoms with Crippen molar-refractivity contribution >= 4 is 75.9 Å². The summed E-state index contributed by atoms with van der Waals surface area (Å²) in [7, 11) is -8.78. The summed E-state index contributed by atoms with van der Waals surface area (Å²) in [4.78, 5) is -0.498. The molecule has 0 unspecified atom stereocenters. The average Bonchev–Trinajstić information content (AvgIpc) is 3.03. The van der Waals surface area contributed by atoms with E-state index in [1.54, 1.807) is 30.3 Å². The van der Waals surface area contributed by atoms with E-state index >= 15 is 0 Å². The smallest absolute Gasteiger partial charge is 0.294 e. The minimum atomic E-state index is -4.42. The van der Waals surface area contributed by atoms with Crippen molar-refractivity contribution in [3.8, 4) is 11.1 Å². The molecule has 0 saturated carbocycles. The highest BCUT2D eigenvalue weighted by molar-refractivity contribution is 7.86. The van der Waals surface area contributed by atoms with Gasteiger partial charge in [0.1, 0.15) is 11.4 Å². The van der Waals surface area contributed by atoms with Crippen molar-refractivity contribution in [2.24, 2.45) is 20.5 Å². The maximum absolute atomic E-state index is 11.7. The van der Waals surface area contributed by atoms with Crippen LogP contribution in [0.15, 0.2) is 127 Å². The normalized spacial score (nSPS) is 12.5. The van der Waals surface area contributed by atoms with Crippen molar-refractivity contribution in [3.63, 3.8) is 0 Å². The lowest BCUT2D eigenvalue weighted by Crippen LogP contribution is -1.97. The standard InChI is InChI=1S/C34H28N6O6S2/c1-19-15-22(6-13-31(19)37-39-33-27-10-9-25(47(41,42)43)17-24(27)5-12-29(33)35)23-7-14-32(20(2)16-23)38-40-34-28-18-26(48(44,45)46)8-3-21(28)4-11-30(34)36/h3-18H,35-36H2,1-2H3,(H,41,42,43)(H,44,45,46). The number of aryl methyl sites for hydroxylation is 2. The Hall–Kier alpha value is -5.54. The number of rotatable bonds is 7. The lowest BCUT2D eigenvalue weighted by atomic mass is 10.0. The summed E-state index contributed by atoms with van der Waals surface area (Å²) in [6.45, 7) is 3.80. The molecule has 0 atom stereocenters. The molecule has 0 amide bonds. The highest BCUT2D eigenvalue weighted by Crippen LogP contribution is 2.38. The van der Waals surface area contributed by atoms with Gasteiger partial charge in [-0.15, -0.1) is 10.2 Å². The minimum absolute atomic E-state index is 0.230. The predicted octanol–water partition coefficient (Wildman–Crippen LogP) is 8.77. The maximum atomic E-state index is 11.7. The van der Waals surface area contributed by atoms with Crippen LogP contribution in [0.4, 0.5) is 34.1 Å². The summed E-state index contributed by atoms with van der Waals surface area (Å²) in [6, 6.07) is 26.4. The molecule has 0 heterocycles. The van der Waals surface area contributed by atoms with Crippen molar-refractivity contribution in [2.75, 3.05) is 11.5 Å². The number of benzene rings is 6. The second-order valence-electron chi connectivity index (χ2n) is 11.1. The monoisotopic (exact) mass is 680 g/mol. The molecular weight excluding hydrogens is 653 g/mol. The SMILES string of the molecule is Cc1cc(-c2ccc(N=Nc3c(N)ccc4ccc(S(=O)(=O)O)cc34)c(C)c2)ccc1N=Nc1c(N)ccc2cc(S(=O)(=O)O)ccc12. The van der Waals surface area contributed by atoms with Gasteiger partial charge in [0.15, 0.2) is 0 Å². The Kier molecular flexibility index (Phi) is 8.26. The molecule has 0 aliphatic carbocycles. The van der Waals surface area contributed by atoms with Gasteiger partial charge in [0.25, 0.3) is 20.2 Å². The fourth-order valence-electron chi connectivity index (χ4n) is 5.25. The number of anilines is 2. The fourth-order valence-corrected chi connectivity index (χ4v) is 6.28. The molecule has 0 spiro atoms. The van der Waals surface area contributed by atoms with Gasteiger partial charge in [-0.05, 0) is 108 Å². The van der Waals surface area contributed by atoms with E-state index in [1.165, 1.54) is 30.3 Å². The molecule has 48 heavy (non-hydrogen) atoms.